The average Bonchev–Trinajstić information content (AvgIpc) is 2.69. The number of aryl methyl sites for hydroxylation is 1. The van der Waals surface area contributed by atoms with E-state index in [-0.39, 0.29) is 22.4 Å². The fourth-order valence-corrected chi connectivity index (χ4v) is 7.30. The van der Waals surface area contributed by atoms with Crippen LogP contribution in [0.1, 0.15) is 31.2 Å². The van der Waals surface area contributed by atoms with Crippen molar-refractivity contribution in [3.05, 3.63) is 58.6 Å². The highest BCUT2D eigenvalue weighted by Crippen LogP contribution is 2.27. The Morgan fingerprint density at radius 1 is 1.03 bits per heavy atom. The van der Waals surface area contributed by atoms with E-state index in [0.29, 0.717) is 17.4 Å². The highest BCUT2D eigenvalue weighted by Gasteiger charge is 2.33. The third-order valence-corrected chi connectivity index (χ3v) is 9.54. The number of hydrogen-bond donors (Lipinski definition) is 1. The molecule has 3 rings (SSSR count). The van der Waals surface area contributed by atoms with E-state index in [2.05, 4.69) is 20.7 Å². The summed E-state index contributed by atoms with van der Waals surface area (Å²) in [5.74, 6) is 0. The van der Waals surface area contributed by atoms with E-state index in [4.69, 9.17) is 0 Å². The summed E-state index contributed by atoms with van der Waals surface area (Å²) < 4.78 is 56.0. The van der Waals surface area contributed by atoms with Gasteiger partial charge in [0.1, 0.15) is 0 Å². The van der Waals surface area contributed by atoms with Crippen molar-refractivity contribution >= 4 is 36.0 Å². The molecule has 0 spiro atoms. The first-order chi connectivity index (χ1) is 13.7. The zero-order chi connectivity index (χ0) is 21.1. The molecule has 1 aliphatic heterocycles. The van der Waals surface area contributed by atoms with Crippen molar-refractivity contribution in [3.63, 3.8) is 0 Å². The Balaban J connectivity index is 1.71. The molecule has 9 heteroatoms. The molecule has 0 aromatic heterocycles. The summed E-state index contributed by atoms with van der Waals surface area (Å²) >= 11 is 3.26. The molecule has 2 aromatic rings. The Hall–Kier alpha value is -1.26. The normalized spacial score (nSPS) is 18.6. The monoisotopic (exact) mass is 500 g/mol. The van der Waals surface area contributed by atoms with Crippen molar-refractivity contribution in [2.75, 3.05) is 13.1 Å². The first-order valence-electron chi connectivity index (χ1n) is 9.54. The van der Waals surface area contributed by atoms with Gasteiger partial charge in [0.05, 0.1) is 9.79 Å². The van der Waals surface area contributed by atoms with Gasteiger partial charge in [-0.1, -0.05) is 36.2 Å². The lowest BCUT2D eigenvalue weighted by atomic mass is 10.0. The van der Waals surface area contributed by atoms with Crippen molar-refractivity contribution in [3.8, 4) is 0 Å². The molecule has 1 aliphatic rings. The molecule has 1 atom stereocenters. The number of halogens is 1. The van der Waals surface area contributed by atoms with Crippen molar-refractivity contribution in [2.24, 2.45) is 0 Å². The summed E-state index contributed by atoms with van der Waals surface area (Å²) in [5.41, 5.74) is 1.00. The zero-order valence-corrected chi connectivity index (χ0v) is 19.4. The molecular weight excluding hydrogens is 476 g/mol. The van der Waals surface area contributed by atoms with E-state index in [1.54, 1.807) is 42.5 Å². The van der Waals surface area contributed by atoms with E-state index in [1.807, 2.05) is 6.92 Å². The fraction of sp³-hybridized carbons (Fsp3) is 0.400. The summed E-state index contributed by atoms with van der Waals surface area (Å²) in [4.78, 5) is 0.455. The number of rotatable bonds is 7. The van der Waals surface area contributed by atoms with E-state index in [0.717, 1.165) is 24.8 Å². The molecule has 1 N–H and O–H groups in total. The van der Waals surface area contributed by atoms with E-state index in [9.17, 15) is 16.8 Å². The number of sulfonamides is 2. The highest BCUT2D eigenvalue weighted by atomic mass is 79.9. The number of nitrogens with zero attached hydrogens (tertiary/aromatic N) is 1. The third-order valence-electron chi connectivity index (χ3n) is 5.10. The van der Waals surface area contributed by atoms with Gasteiger partial charge in [0, 0.05) is 23.6 Å². The molecule has 0 radical (unpaired) electrons. The SMILES string of the molecule is Cc1ccc(S(=O)(=O)N2CCCCC2CCNS(=O)(=O)c2ccccc2Br)cc1. The fourth-order valence-electron chi connectivity index (χ4n) is 3.52. The molecule has 158 valence electrons. The minimum atomic E-state index is -3.67. The molecule has 6 nitrogen and oxygen atoms in total. The van der Waals surface area contributed by atoms with Gasteiger partial charge in [-0.2, -0.15) is 4.31 Å². The van der Waals surface area contributed by atoms with Gasteiger partial charge in [-0.3, -0.25) is 0 Å². The van der Waals surface area contributed by atoms with Crippen LogP contribution in [0.5, 0.6) is 0 Å². The summed E-state index contributed by atoms with van der Waals surface area (Å²) in [7, 11) is -7.27. The molecule has 1 saturated heterocycles. The van der Waals surface area contributed by atoms with Crippen LogP contribution in [0, 0.1) is 6.92 Å². The lowest BCUT2D eigenvalue weighted by Crippen LogP contribution is -2.45. The third kappa shape index (κ3) is 5.27. The summed E-state index contributed by atoms with van der Waals surface area (Å²) in [5, 5.41) is 0. The van der Waals surface area contributed by atoms with Gasteiger partial charge in [0.15, 0.2) is 0 Å². The topological polar surface area (TPSA) is 83.6 Å². The second kappa shape index (κ2) is 9.26. The second-order valence-corrected chi connectivity index (χ2v) is 11.7. The number of nitrogens with one attached hydrogen (secondary N) is 1. The summed E-state index contributed by atoms with van der Waals surface area (Å²) in [6, 6.07) is 13.2. The van der Waals surface area contributed by atoms with Crippen LogP contribution in [0.2, 0.25) is 0 Å². The lowest BCUT2D eigenvalue weighted by molar-refractivity contribution is 0.242. The molecule has 1 fully saturated rings. The van der Waals surface area contributed by atoms with Gasteiger partial charge < -0.3 is 0 Å². The van der Waals surface area contributed by atoms with Crippen LogP contribution in [0.25, 0.3) is 0 Å². The molecule has 2 aromatic carbocycles. The van der Waals surface area contributed by atoms with Crippen LogP contribution >= 0.6 is 15.9 Å². The Morgan fingerprint density at radius 3 is 2.41 bits per heavy atom. The van der Waals surface area contributed by atoms with Crippen LogP contribution in [-0.2, 0) is 20.0 Å². The quantitative estimate of drug-likeness (QED) is 0.628. The van der Waals surface area contributed by atoms with Crippen LogP contribution < -0.4 is 4.72 Å². The Bertz CT molecular complexity index is 1050. The first-order valence-corrected chi connectivity index (χ1v) is 13.3. The van der Waals surface area contributed by atoms with Gasteiger partial charge in [-0.15, -0.1) is 0 Å². The van der Waals surface area contributed by atoms with Gasteiger partial charge in [-0.25, -0.2) is 21.6 Å². The molecule has 0 aliphatic carbocycles. The van der Waals surface area contributed by atoms with Crippen LogP contribution in [0.15, 0.2) is 62.8 Å². The minimum absolute atomic E-state index is 0.174. The number of hydrogen-bond acceptors (Lipinski definition) is 4. The van der Waals surface area contributed by atoms with Gasteiger partial charge in [0.2, 0.25) is 20.0 Å². The zero-order valence-electron chi connectivity index (χ0n) is 16.2. The van der Waals surface area contributed by atoms with E-state index < -0.39 is 20.0 Å². The predicted molar refractivity (Wildman–Crippen MR) is 117 cm³/mol. The molecule has 0 saturated carbocycles. The molecule has 0 amide bonds. The van der Waals surface area contributed by atoms with Crippen molar-refractivity contribution < 1.29 is 16.8 Å². The Labute approximate surface area is 181 Å². The lowest BCUT2D eigenvalue weighted by Gasteiger charge is -2.34. The van der Waals surface area contributed by atoms with Crippen LogP contribution in [0.4, 0.5) is 0 Å². The van der Waals surface area contributed by atoms with E-state index >= 15 is 0 Å². The molecular formula is C20H25BrN2O4S2. The maximum atomic E-state index is 13.1. The molecule has 29 heavy (non-hydrogen) atoms. The van der Waals surface area contributed by atoms with Crippen molar-refractivity contribution in [1.82, 2.24) is 9.03 Å². The second-order valence-electron chi connectivity index (χ2n) is 7.20. The van der Waals surface area contributed by atoms with Gasteiger partial charge >= 0.3 is 0 Å². The maximum absolute atomic E-state index is 13.1. The van der Waals surface area contributed by atoms with Gasteiger partial charge in [-0.05, 0) is 66.4 Å². The van der Waals surface area contributed by atoms with Crippen molar-refractivity contribution in [2.45, 2.75) is 48.4 Å². The smallest absolute Gasteiger partial charge is 0.211 e. The first kappa shape index (κ1) is 22.4. The van der Waals surface area contributed by atoms with Gasteiger partial charge in [0.25, 0.3) is 0 Å². The Kier molecular flexibility index (Phi) is 7.16. The van der Waals surface area contributed by atoms with Crippen molar-refractivity contribution in [1.29, 1.82) is 0 Å². The average molecular weight is 501 g/mol. The maximum Gasteiger partial charge on any atom is 0.243 e. The van der Waals surface area contributed by atoms with Crippen LogP contribution in [-0.4, -0.2) is 40.3 Å². The number of benzene rings is 2. The predicted octanol–water partition coefficient (Wildman–Crippen LogP) is 3.67. The molecule has 1 unspecified atom stereocenters. The Morgan fingerprint density at radius 2 is 1.72 bits per heavy atom. The largest absolute Gasteiger partial charge is 0.243 e. The molecule has 1 heterocycles. The van der Waals surface area contributed by atoms with E-state index in [1.165, 1.54) is 10.4 Å². The number of piperidine rings is 1. The standard InChI is InChI=1S/C20H25BrN2O4S2/c1-16-9-11-18(12-10-16)29(26,27)23-15-5-4-6-17(23)13-14-22-28(24,25)20-8-3-2-7-19(20)21/h2-3,7-12,17,22H,4-6,13-15H2,1H3. The summed E-state index contributed by atoms with van der Waals surface area (Å²) in [6.07, 6.45) is 2.89. The summed E-state index contributed by atoms with van der Waals surface area (Å²) in [6.45, 7) is 2.55. The minimum Gasteiger partial charge on any atom is -0.211 e. The van der Waals surface area contributed by atoms with Crippen LogP contribution in [0.3, 0.4) is 0 Å². The highest BCUT2D eigenvalue weighted by molar-refractivity contribution is 9.10. The molecule has 0 bridgehead atoms.